The lowest BCUT2D eigenvalue weighted by atomic mass is 10.1. The number of hydrogen-bond acceptors (Lipinski definition) is 8. The molecule has 1 amide bonds. The van der Waals surface area contributed by atoms with Crippen LogP contribution in [-0.4, -0.2) is 34.8 Å². The summed E-state index contributed by atoms with van der Waals surface area (Å²) in [7, 11) is 1.59. The highest BCUT2D eigenvalue weighted by atomic mass is 32.2. The van der Waals surface area contributed by atoms with Crippen molar-refractivity contribution in [2.45, 2.75) is 6.54 Å². The fourth-order valence-corrected chi connectivity index (χ4v) is 4.61. The van der Waals surface area contributed by atoms with Crippen molar-refractivity contribution < 1.29 is 23.9 Å². The molecule has 0 bridgehead atoms. The van der Waals surface area contributed by atoms with E-state index >= 15 is 0 Å². The van der Waals surface area contributed by atoms with Gasteiger partial charge in [0.2, 0.25) is 6.79 Å². The van der Waals surface area contributed by atoms with Gasteiger partial charge in [0, 0.05) is 0 Å². The number of methoxy groups -OCH3 is 1. The smallest absolute Gasteiger partial charge is 0.280 e. The molecular formula is C25H19N3O6S. The summed E-state index contributed by atoms with van der Waals surface area (Å²) < 4.78 is 15.9. The molecule has 2 heterocycles. The van der Waals surface area contributed by atoms with E-state index in [-0.39, 0.29) is 30.5 Å². The van der Waals surface area contributed by atoms with Crippen molar-refractivity contribution in [3.63, 3.8) is 0 Å². The van der Waals surface area contributed by atoms with Crippen molar-refractivity contribution in [1.82, 2.24) is 4.90 Å². The van der Waals surface area contributed by atoms with Gasteiger partial charge in [-0.3, -0.25) is 19.8 Å². The predicted molar refractivity (Wildman–Crippen MR) is 132 cm³/mol. The highest BCUT2D eigenvalue weighted by Crippen LogP contribution is 2.41. The Balaban J connectivity index is 1.53. The third kappa shape index (κ3) is 4.69. The first-order valence-electron chi connectivity index (χ1n) is 10.6. The lowest BCUT2D eigenvalue weighted by molar-refractivity contribution is -0.385. The third-order valence-corrected chi connectivity index (χ3v) is 6.38. The molecule has 3 aromatic carbocycles. The van der Waals surface area contributed by atoms with Gasteiger partial charge in [-0.2, -0.15) is 0 Å². The van der Waals surface area contributed by atoms with Gasteiger partial charge in [-0.15, -0.1) is 0 Å². The van der Waals surface area contributed by atoms with Gasteiger partial charge >= 0.3 is 0 Å². The molecule has 0 atom stereocenters. The van der Waals surface area contributed by atoms with Crippen LogP contribution in [0.4, 0.5) is 11.4 Å². The van der Waals surface area contributed by atoms with E-state index in [9.17, 15) is 14.9 Å². The molecular weight excluding hydrogens is 470 g/mol. The summed E-state index contributed by atoms with van der Waals surface area (Å²) in [4.78, 5) is 31.2. The zero-order chi connectivity index (χ0) is 24.4. The Hall–Kier alpha value is -4.31. The molecule has 0 unspecified atom stereocenters. The molecule has 0 radical (unpaired) electrons. The maximum Gasteiger partial charge on any atom is 0.280 e. The van der Waals surface area contributed by atoms with E-state index in [2.05, 4.69) is 4.99 Å². The van der Waals surface area contributed by atoms with Gasteiger partial charge < -0.3 is 14.2 Å². The van der Waals surface area contributed by atoms with Crippen molar-refractivity contribution in [3.05, 3.63) is 92.9 Å². The number of aliphatic imine (C=N–C) groups is 1. The first-order chi connectivity index (χ1) is 17.0. The normalized spacial score (nSPS) is 16.8. The van der Waals surface area contributed by atoms with E-state index in [1.54, 1.807) is 12.0 Å². The minimum absolute atomic E-state index is 0.0102. The van der Waals surface area contributed by atoms with E-state index in [4.69, 9.17) is 14.2 Å². The summed E-state index contributed by atoms with van der Waals surface area (Å²) >= 11 is 1.17. The Morgan fingerprint density at radius 2 is 1.83 bits per heavy atom. The topological polar surface area (TPSA) is 104 Å². The number of nitrogens with zero attached hydrogens (tertiary/aromatic N) is 3. The number of thioether (sulfide) groups is 1. The number of carbonyl (C=O) groups is 1. The molecule has 3 aromatic rings. The van der Waals surface area contributed by atoms with Crippen molar-refractivity contribution >= 4 is 40.3 Å². The first kappa shape index (κ1) is 22.5. The summed E-state index contributed by atoms with van der Waals surface area (Å²) in [6.07, 6.45) is 1.50. The van der Waals surface area contributed by atoms with Crippen LogP contribution in [0.3, 0.4) is 0 Å². The average Bonchev–Trinajstić information content (AvgIpc) is 3.44. The van der Waals surface area contributed by atoms with Crippen LogP contribution >= 0.6 is 11.8 Å². The van der Waals surface area contributed by atoms with Crippen LogP contribution in [0, 0.1) is 10.1 Å². The summed E-state index contributed by atoms with van der Waals surface area (Å²) in [5.74, 6) is 1.11. The molecule has 35 heavy (non-hydrogen) atoms. The van der Waals surface area contributed by atoms with Crippen LogP contribution in [0.1, 0.15) is 11.1 Å². The van der Waals surface area contributed by atoms with Gasteiger partial charge in [0.25, 0.3) is 11.6 Å². The summed E-state index contributed by atoms with van der Waals surface area (Å²) in [5, 5.41) is 12.2. The zero-order valence-corrected chi connectivity index (χ0v) is 19.4. The predicted octanol–water partition coefficient (Wildman–Crippen LogP) is 5.14. The van der Waals surface area contributed by atoms with E-state index in [1.165, 1.54) is 30.0 Å². The number of nitro groups is 1. The van der Waals surface area contributed by atoms with Crippen LogP contribution in [0.5, 0.6) is 17.2 Å². The quantitative estimate of drug-likeness (QED) is 0.268. The van der Waals surface area contributed by atoms with Crippen molar-refractivity contribution in [2.24, 2.45) is 4.99 Å². The SMILES string of the molecule is COc1ccc(CN2C(=O)/C(=C\c3cc4c(cc3[N+](=O)[O-])OCO4)SC2=Nc2ccccc2)cc1. The van der Waals surface area contributed by atoms with Gasteiger partial charge in [0.15, 0.2) is 16.7 Å². The minimum Gasteiger partial charge on any atom is -0.497 e. The minimum atomic E-state index is -0.507. The molecule has 0 saturated carbocycles. The second-order valence-electron chi connectivity index (χ2n) is 7.60. The number of hydrogen-bond donors (Lipinski definition) is 0. The Morgan fingerprint density at radius 1 is 1.11 bits per heavy atom. The number of ether oxygens (including phenoxy) is 3. The lowest BCUT2D eigenvalue weighted by Crippen LogP contribution is -2.28. The number of amidine groups is 1. The molecule has 1 fully saturated rings. The molecule has 0 N–H and O–H groups in total. The number of fused-ring (bicyclic) bond motifs is 1. The Kier molecular flexibility index (Phi) is 6.11. The van der Waals surface area contributed by atoms with Crippen LogP contribution in [-0.2, 0) is 11.3 Å². The monoisotopic (exact) mass is 489 g/mol. The number of para-hydroxylation sites is 1. The lowest BCUT2D eigenvalue weighted by Gasteiger charge is -2.16. The van der Waals surface area contributed by atoms with Gasteiger partial charge in [-0.1, -0.05) is 30.3 Å². The molecule has 0 aliphatic carbocycles. The average molecular weight is 490 g/mol. The third-order valence-electron chi connectivity index (χ3n) is 5.37. The molecule has 176 valence electrons. The molecule has 0 aromatic heterocycles. The van der Waals surface area contributed by atoms with E-state index in [0.717, 1.165) is 5.56 Å². The number of carbonyl (C=O) groups excluding carboxylic acids is 1. The maximum atomic E-state index is 13.5. The zero-order valence-electron chi connectivity index (χ0n) is 18.5. The molecule has 2 aliphatic rings. The molecule has 10 heteroatoms. The highest BCUT2D eigenvalue weighted by molar-refractivity contribution is 8.18. The second-order valence-corrected chi connectivity index (χ2v) is 8.61. The summed E-state index contributed by atoms with van der Waals surface area (Å²) in [6.45, 7) is 0.270. The van der Waals surface area contributed by atoms with Gasteiger partial charge in [0.05, 0.1) is 40.8 Å². The summed E-state index contributed by atoms with van der Waals surface area (Å²) in [6, 6.07) is 19.5. The van der Waals surface area contributed by atoms with Crippen molar-refractivity contribution in [2.75, 3.05) is 13.9 Å². The number of amides is 1. The standard InChI is InChI=1S/C25H19N3O6S/c1-32-19-9-7-16(8-10-19)14-27-24(29)23(35-25(27)26-18-5-3-2-4-6-18)12-17-11-21-22(34-15-33-21)13-20(17)28(30)31/h2-13H,14-15H2,1H3/b23-12+,26-25?. The van der Waals surface area contributed by atoms with Crippen LogP contribution in [0.15, 0.2) is 76.6 Å². The van der Waals surface area contributed by atoms with Gasteiger partial charge in [-0.25, -0.2) is 4.99 Å². The van der Waals surface area contributed by atoms with Gasteiger partial charge in [0.1, 0.15) is 5.75 Å². The number of rotatable bonds is 6. The summed E-state index contributed by atoms with van der Waals surface area (Å²) in [5.41, 5.74) is 1.65. The highest BCUT2D eigenvalue weighted by Gasteiger charge is 2.34. The van der Waals surface area contributed by atoms with Crippen molar-refractivity contribution in [1.29, 1.82) is 0 Å². The fraction of sp³-hybridized carbons (Fsp3) is 0.120. The molecule has 0 spiro atoms. The molecule has 1 saturated heterocycles. The maximum absolute atomic E-state index is 13.5. The fourth-order valence-electron chi connectivity index (χ4n) is 3.62. The molecule has 9 nitrogen and oxygen atoms in total. The second kappa shape index (κ2) is 9.51. The number of nitro benzene ring substituents is 1. The Morgan fingerprint density at radius 3 is 2.51 bits per heavy atom. The first-order valence-corrected chi connectivity index (χ1v) is 11.4. The van der Waals surface area contributed by atoms with E-state index in [1.807, 2.05) is 54.6 Å². The number of benzene rings is 3. The molecule has 2 aliphatic heterocycles. The van der Waals surface area contributed by atoms with Crippen LogP contribution in [0.2, 0.25) is 0 Å². The Bertz CT molecular complexity index is 1360. The van der Waals surface area contributed by atoms with E-state index < -0.39 is 4.92 Å². The van der Waals surface area contributed by atoms with Crippen molar-refractivity contribution in [3.8, 4) is 17.2 Å². The van der Waals surface area contributed by atoms with E-state index in [0.29, 0.717) is 33.0 Å². The Labute approximate surface area is 204 Å². The van der Waals surface area contributed by atoms with Crippen LogP contribution < -0.4 is 14.2 Å². The largest absolute Gasteiger partial charge is 0.497 e. The molecule has 5 rings (SSSR count). The van der Waals surface area contributed by atoms with Gasteiger partial charge in [-0.05, 0) is 53.7 Å². The van der Waals surface area contributed by atoms with Crippen LogP contribution in [0.25, 0.3) is 6.08 Å².